The van der Waals surface area contributed by atoms with Crippen LogP contribution in [-0.2, 0) is 6.42 Å². The summed E-state index contributed by atoms with van der Waals surface area (Å²) in [7, 11) is 0. The van der Waals surface area contributed by atoms with Crippen molar-refractivity contribution in [1.29, 1.82) is 0 Å². The largest absolute Gasteiger partial charge is 0.478 e. The van der Waals surface area contributed by atoms with Crippen molar-refractivity contribution in [3.05, 3.63) is 92.7 Å². The van der Waals surface area contributed by atoms with Gasteiger partial charge in [0.25, 0.3) is 5.56 Å². The van der Waals surface area contributed by atoms with Crippen LogP contribution in [0, 0.1) is 6.92 Å². The van der Waals surface area contributed by atoms with Gasteiger partial charge in [-0.3, -0.25) is 4.79 Å². The number of pyridine rings is 1. The van der Waals surface area contributed by atoms with E-state index >= 15 is 0 Å². The van der Waals surface area contributed by atoms with Crippen LogP contribution in [0.4, 0.5) is 0 Å². The summed E-state index contributed by atoms with van der Waals surface area (Å²) < 4.78 is 1.12. The Morgan fingerprint density at radius 1 is 1.11 bits per heavy atom. The number of carboxylic acid groups (broad SMARTS) is 1. The number of hydrogen-bond acceptors (Lipinski definition) is 3. The molecule has 0 fully saturated rings. The van der Waals surface area contributed by atoms with Crippen LogP contribution >= 0.6 is 11.3 Å². The number of aromatic amines is 1. The van der Waals surface area contributed by atoms with E-state index in [-0.39, 0.29) is 11.1 Å². The third kappa shape index (κ3) is 3.29. The van der Waals surface area contributed by atoms with Crippen LogP contribution in [-0.4, -0.2) is 16.1 Å². The van der Waals surface area contributed by atoms with E-state index in [0.29, 0.717) is 6.42 Å². The Morgan fingerprint density at radius 2 is 1.93 bits per heavy atom. The summed E-state index contributed by atoms with van der Waals surface area (Å²) in [5, 5.41) is 10.4. The van der Waals surface area contributed by atoms with Gasteiger partial charge < -0.3 is 10.1 Å². The van der Waals surface area contributed by atoms with Gasteiger partial charge in [-0.2, -0.15) is 0 Å². The van der Waals surface area contributed by atoms with Crippen molar-refractivity contribution < 1.29 is 9.90 Å². The van der Waals surface area contributed by atoms with Crippen LogP contribution < -0.4 is 5.56 Å². The van der Waals surface area contributed by atoms with Crippen molar-refractivity contribution in [3.8, 4) is 11.1 Å². The first-order valence-corrected chi connectivity index (χ1v) is 9.37. The van der Waals surface area contributed by atoms with Gasteiger partial charge in [0.2, 0.25) is 0 Å². The molecule has 0 atom stereocenters. The van der Waals surface area contributed by atoms with E-state index < -0.39 is 5.97 Å². The van der Waals surface area contributed by atoms with Gasteiger partial charge in [0.05, 0.1) is 5.56 Å². The minimum absolute atomic E-state index is 0.0558. The SMILES string of the molecule is Cc1c(Cc2cc3cccc(-c4cccc(C(=O)O)c4)c3s2)cc[nH]c1=O. The zero-order chi connectivity index (χ0) is 19.0. The molecule has 5 heteroatoms. The maximum atomic E-state index is 11.8. The number of thiophene rings is 1. The summed E-state index contributed by atoms with van der Waals surface area (Å²) in [6, 6.07) is 17.2. The third-order valence-electron chi connectivity index (χ3n) is 4.70. The average molecular weight is 375 g/mol. The van der Waals surface area contributed by atoms with Gasteiger partial charge in [-0.1, -0.05) is 30.3 Å². The Morgan fingerprint density at radius 3 is 2.74 bits per heavy atom. The summed E-state index contributed by atoms with van der Waals surface area (Å²) in [4.78, 5) is 27.0. The molecule has 0 unspecified atom stereocenters. The highest BCUT2D eigenvalue weighted by Gasteiger charge is 2.12. The number of carbonyl (C=O) groups is 1. The van der Waals surface area contributed by atoms with Crippen molar-refractivity contribution in [3.63, 3.8) is 0 Å². The minimum atomic E-state index is -0.930. The number of aromatic nitrogens is 1. The topological polar surface area (TPSA) is 70.2 Å². The molecule has 4 nitrogen and oxygen atoms in total. The quantitative estimate of drug-likeness (QED) is 0.535. The lowest BCUT2D eigenvalue weighted by Crippen LogP contribution is -2.11. The maximum Gasteiger partial charge on any atom is 0.335 e. The molecule has 4 rings (SSSR count). The molecule has 0 saturated heterocycles. The van der Waals surface area contributed by atoms with Crippen LogP contribution in [0.15, 0.2) is 65.6 Å². The number of H-pyrrole nitrogens is 1. The molecule has 134 valence electrons. The van der Waals surface area contributed by atoms with Crippen LogP contribution in [0.1, 0.15) is 26.4 Å². The Hall–Kier alpha value is -3.18. The molecule has 0 saturated carbocycles. The van der Waals surface area contributed by atoms with Crippen LogP contribution in [0.2, 0.25) is 0 Å². The summed E-state index contributed by atoms with van der Waals surface area (Å²) in [6.45, 7) is 1.84. The molecular weight excluding hydrogens is 358 g/mol. The lowest BCUT2D eigenvalue weighted by atomic mass is 10.0. The van der Waals surface area contributed by atoms with Crippen molar-refractivity contribution in [2.75, 3.05) is 0 Å². The highest BCUT2D eigenvalue weighted by Crippen LogP contribution is 2.36. The molecule has 0 aliphatic rings. The van der Waals surface area contributed by atoms with E-state index in [1.54, 1.807) is 35.7 Å². The second kappa shape index (κ2) is 6.85. The predicted octanol–water partition coefficient (Wildman–Crippen LogP) is 4.85. The van der Waals surface area contributed by atoms with Gasteiger partial charge in [-0.25, -0.2) is 4.79 Å². The summed E-state index contributed by atoms with van der Waals surface area (Å²) in [6.07, 6.45) is 2.38. The zero-order valence-electron chi connectivity index (χ0n) is 14.7. The Kier molecular flexibility index (Phi) is 4.38. The molecule has 0 aliphatic carbocycles. The van der Waals surface area contributed by atoms with Gasteiger partial charge in [0.15, 0.2) is 0 Å². The molecule has 2 heterocycles. The fourth-order valence-corrected chi connectivity index (χ4v) is 4.44. The van der Waals surface area contributed by atoms with Crippen molar-refractivity contribution in [1.82, 2.24) is 4.98 Å². The number of hydrogen-bond donors (Lipinski definition) is 2. The van der Waals surface area contributed by atoms with Crippen LogP contribution in [0.25, 0.3) is 21.2 Å². The second-order valence-corrected chi connectivity index (χ2v) is 7.59. The molecule has 0 bridgehead atoms. The van der Waals surface area contributed by atoms with E-state index in [4.69, 9.17) is 0 Å². The monoisotopic (exact) mass is 375 g/mol. The molecule has 0 aliphatic heterocycles. The fraction of sp³-hybridized carbons (Fsp3) is 0.0909. The number of carboxylic acids is 1. The third-order valence-corrected chi connectivity index (χ3v) is 5.89. The lowest BCUT2D eigenvalue weighted by molar-refractivity contribution is 0.0697. The van der Waals surface area contributed by atoms with Gasteiger partial charge in [0.1, 0.15) is 0 Å². The molecule has 27 heavy (non-hydrogen) atoms. The standard InChI is InChI=1S/C22H17NO3S/c1-13-14(8-9-23-21(13)24)11-18-12-16-5-3-7-19(20(16)27-18)15-4-2-6-17(10-15)22(25)26/h2-10,12H,11H2,1H3,(H,23,24)(H,25,26). The van der Waals surface area contributed by atoms with Crippen LogP contribution in [0.3, 0.4) is 0 Å². The molecule has 0 spiro atoms. The Bertz CT molecular complexity index is 1220. The van der Waals surface area contributed by atoms with E-state index in [2.05, 4.69) is 17.1 Å². The molecule has 0 amide bonds. The molecule has 2 N–H and O–H groups in total. The summed E-state index contributed by atoms with van der Waals surface area (Å²) >= 11 is 1.68. The number of fused-ring (bicyclic) bond motifs is 1. The number of benzene rings is 2. The summed E-state index contributed by atoms with van der Waals surface area (Å²) in [5.74, 6) is -0.930. The minimum Gasteiger partial charge on any atom is -0.478 e. The second-order valence-electron chi connectivity index (χ2n) is 6.46. The van der Waals surface area contributed by atoms with Crippen molar-refractivity contribution >= 4 is 27.4 Å². The molecule has 2 aromatic heterocycles. The molecule has 0 radical (unpaired) electrons. The lowest BCUT2D eigenvalue weighted by Gasteiger charge is -2.05. The predicted molar refractivity (Wildman–Crippen MR) is 109 cm³/mol. The van der Waals surface area contributed by atoms with E-state index in [1.807, 2.05) is 31.2 Å². The zero-order valence-corrected chi connectivity index (χ0v) is 15.5. The van der Waals surface area contributed by atoms with Gasteiger partial charge in [-0.15, -0.1) is 11.3 Å². The summed E-state index contributed by atoms with van der Waals surface area (Å²) in [5.41, 5.74) is 3.89. The first kappa shape index (κ1) is 17.2. The molecule has 4 aromatic rings. The van der Waals surface area contributed by atoms with E-state index in [1.165, 1.54) is 4.88 Å². The first-order chi connectivity index (χ1) is 13.0. The number of rotatable bonds is 4. The fourth-order valence-electron chi connectivity index (χ4n) is 3.23. The smallest absolute Gasteiger partial charge is 0.335 e. The van der Waals surface area contributed by atoms with Crippen molar-refractivity contribution in [2.45, 2.75) is 13.3 Å². The van der Waals surface area contributed by atoms with E-state index in [9.17, 15) is 14.7 Å². The first-order valence-electron chi connectivity index (χ1n) is 8.55. The highest BCUT2D eigenvalue weighted by atomic mass is 32.1. The van der Waals surface area contributed by atoms with E-state index in [0.717, 1.165) is 32.3 Å². The number of aromatic carboxylic acids is 1. The van der Waals surface area contributed by atoms with Gasteiger partial charge >= 0.3 is 5.97 Å². The van der Waals surface area contributed by atoms with Crippen molar-refractivity contribution in [2.24, 2.45) is 0 Å². The highest BCUT2D eigenvalue weighted by molar-refractivity contribution is 7.19. The number of nitrogens with one attached hydrogen (secondary N) is 1. The maximum absolute atomic E-state index is 11.8. The normalized spacial score (nSPS) is 11.0. The van der Waals surface area contributed by atoms with Gasteiger partial charge in [-0.05, 0) is 53.3 Å². The van der Waals surface area contributed by atoms with Gasteiger partial charge in [0, 0.05) is 27.8 Å². The Labute approximate surface area is 159 Å². The molecule has 2 aromatic carbocycles. The average Bonchev–Trinajstić information content (AvgIpc) is 3.08. The Balaban J connectivity index is 1.79. The van der Waals surface area contributed by atoms with Crippen LogP contribution in [0.5, 0.6) is 0 Å². The molecular formula is C22H17NO3S.